The van der Waals surface area contributed by atoms with Crippen molar-refractivity contribution in [3.05, 3.63) is 59.0 Å². The molecule has 1 amide bonds. The van der Waals surface area contributed by atoms with Gasteiger partial charge in [-0.25, -0.2) is 19.3 Å². The van der Waals surface area contributed by atoms with Gasteiger partial charge in [-0.1, -0.05) is 12.1 Å². The molecular formula is C24H25N7O4S. The van der Waals surface area contributed by atoms with Crippen molar-refractivity contribution >= 4 is 45.4 Å². The Hall–Kier alpha value is -4.19. The lowest BCUT2D eigenvalue weighted by atomic mass is 10.2. The fourth-order valence-corrected chi connectivity index (χ4v) is 4.39. The molecule has 4 aromatic rings. The van der Waals surface area contributed by atoms with Crippen LogP contribution in [0.25, 0.3) is 5.65 Å². The summed E-state index contributed by atoms with van der Waals surface area (Å²) >= 11 is 1.25. The van der Waals surface area contributed by atoms with E-state index in [2.05, 4.69) is 25.7 Å². The van der Waals surface area contributed by atoms with E-state index in [-0.39, 0.29) is 17.6 Å². The largest absolute Gasteiger partial charge is 0.497 e. The van der Waals surface area contributed by atoms with Crippen LogP contribution in [-0.2, 0) is 11.3 Å². The second-order valence-corrected chi connectivity index (χ2v) is 9.25. The molecule has 36 heavy (non-hydrogen) atoms. The van der Waals surface area contributed by atoms with E-state index < -0.39 is 5.97 Å². The first-order chi connectivity index (χ1) is 17.5. The van der Waals surface area contributed by atoms with E-state index >= 15 is 0 Å². The zero-order valence-corrected chi connectivity index (χ0v) is 20.8. The van der Waals surface area contributed by atoms with Crippen LogP contribution in [0, 0.1) is 0 Å². The molecule has 0 radical (unpaired) electrons. The lowest BCUT2D eigenvalue weighted by Crippen LogP contribution is -2.27. The summed E-state index contributed by atoms with van der Waals surface area (Å²) in [7, 11) is 4.88. The second-order valence-electron chi connectivity index (χ2n) is 8.39. The van der Waals surface area contributed by atoms with Crippen LogP contribution in [-0.4, -0.2) is 58.8 Å². The smallest absolute Gasteiger partial charge is 0.359 e. The Labute approximate surface area is 211 Å². The summed E-state index contributed by atoms with van der Waals surface area (Å²) in [6, 6.07) is 9.83. The molecule has 0 spiro atoms. The lowest BCUT2D eigenvalue weighted by Gasteiger charge is -2.21. The fraction of sp³-hybridized carbons (Fsp3) is 0.292. The maximum Gasteiger partial charge on any atom is 0.359 e. The van der Waals surface area contributed by atoms with Gasteiger partial charge < -0.3 is 25.0 Å². The summed E-state index contributed by atoms with van der Waals surface area (Å²) in [4.78, 5) is 35.6. The molecule has 2 N–H and O–H groups in total. The van der Waals surface area contributed by atoms with Crippen molar-refractivity contribution in [1.82, 2.24) is 24.9 Å². The van der Waals surface area contributed by atoms with Gasteiger partial charge in [-0.05, 0) is 30.5 Å². The van der Waals surface area contributed by atoms with E-state index in [9.17, 15) is 9.59 Å². The van der Waals surface area contributed by atoms with Crippen molar-refractivity contribution < 1.29 is 19.1 Å². The number of amides is 1. The van der Waals surface area contributed by atoms with Gasteiger partial charge in [0.15, 0.2) is 22.9 Å². The van der Waals surface area contributed by atoms with E-state index in [1.807, 2.05) is 42.3 Å². The Kier molecular flexibility index (Phi) is 6.42. The van der Waals surface area contributed by atoms with E-state index in [4.69, 9.17) is 9.47 Å². The van der Waals surface area contributed by atoms with Crippen molar-refractivity contribution in [2.24, 2.45) is 0 Å². The Morgan fingerprint density at radius 2 is 1.97 bits per heavy atom. The van der Waals surface area contributed by atoms with Gasteiger partial charge >= 0.3 is 5.97 Å². The third-order valence-electron chi connectivity index (χ3n) is 5.77. The fourth-order valence-electron chi connectivity index (χ4n) is 3.72. The monoisotopic (exact) mass is 507 g/mol. The van der Waals surface area contributed by atoms with Crippen molar-refractivity contribution in [2.75, 3.05) is 31.5 Å². The summed E-state index contributed by atoms with van der Waals surface area (Å²) in [5.74, 6) is 0.423. The summed E-state index contributed by atoms with van der Waals surface area (Å²) in [5.41, 5.74) is 4.40. The number of aromatic nitrogens is 4. The number of fused-ring (bicyclic) bond motifs is 1. The number of benzene rings is 1. The Balaban J connectivity index is 1.53. The predicted octanol–water partition coefficient (Wildman–Crippen LogP) is 3.25. The van der Waals surface area contributed by atoms with Crippen LogP contribution in [0.4, 0.5) is 16.5 Å². The lowest BCUT2D eigenvalue weighted by molar-refractivity contribution is 0.0596. The van der Waals surface area contributed by atoms with Gasteiger partial charge in [0, 0.05) is 25.7 Å². The maximum absolute atomic E-state index is 12.9. The highest BCUT2D eigenvalue weighted by Gasteiger charge is 2.27. The molecule has 0 saturated heterocycles. The Morgan fingerprint density at radius 1 is 1.19 bits per heavy atom. The minimum absolute atomic E-state index is 0.162. The van der Waals surface area contributed by atoms with Crippen LogP contribution in [0.15, 0.2) is 42.0 Å². The molecule has 3 aromatic heterocycles. The summed E-state index contributed by atoms with van der Waals surface area (Å²) in [6.45, 7) is 0.577. The Bertz CT molecular complexity index is 1410. The standard InChI is InChI=1S/C24H25N7O4S/c1-30(12-14-4-8-16(34-2)9-5-14)17-10-19(28-23-20(24(33)35-3)26-13-36-23)29-31-18(11-25-21(17)31)22(32)27-15-6-7-15/h4-5,8-11,13,15H,6-7,12H2,1-3H3,(H,27,32)(H,28,29). The van der Waals surface area contributed by atoms with E-state index in [0.29, 0.717) is 28.7 Å². The van der Waals surface area contributed by atoms with Crippen LogP contribution in [0.1, 0.15) is 39.4 Å². The molecule has 5 rings (SSSR count). The SMILES string of the molecule is COC(=O)c1ncsc1Nc1cc(N(C)Cc2ccc(OC)cc2)c2ncc(C(=O)NC3CC3)n2n1. The van der Waals surface area contributed by atoms with Gasteiger partial charge in [0.05, 0.1) is 31.6 Å². The molecule has 3 heterocycles. The molecule has 0 bridgehead atoms. The van der Waals surface area contributed by atoms with Crippen LogP contribution in [0.3, 0.4) is 0 Å². The van der Waals surface area contributed by atoms with Crippen molar-refractivity contribution in [3.63, 3.8) is 0 Å². The molecule has 0 aliphatic heterocycles. The molecule has 12 heteroatoms. The number of rotatable bonds is 9. The van der Waals surface area contributed by atoms with Crippen molar-refractivity contribution in [2.45, 2.75) is 25.4 Å². The van der Waals surface area contributed by atoms with Crippen LogP contribution >= 0.6 is 11.3 Å². The topological polar surface area (TPSA) is 123 Å². The summed E-state index contributed by atoms with van der Waals surface area (Å²) in [5, 5.41) is 11.3. The summed E-state index contributed by atoms with van der Waals surface area (Å²) in [6.07, 6.45) is 3.47. The first kappa shape index (κ1) is 23.5. The van der Waals surface area contributed by atoms with Crippen LogP contribution in [0.5, 0.6) is 5.75 Å². The van der Waals surface area contributed by atoms with Crippen molar-refractivity contribution in [1.29, 1.82) is 0 Å². The number of esters is 1. The summed E-state index contributed by atoms with van der Waals surface area (Å²) < 4.78 is 11.6. The number of imidazole rings is 1. The average Bonchev–Trinajstić information content (AvgIpc) is 3.40. The first-order valence-electron chi connectivity index (χ1n) is 11.3. The quantitative estimate of drug-likeness (QED) is 0.329. The van der Waals surface area contributed by atoms with Crippen LogP contribution < -0.4 is 20.3 Å². The normalized spacial score (nSPS) is 12.9. The second kappa shape index (κ2) is 9.82. The van der Waals surface area contributed by atoms with Gasteiger partial charge in [0.1, 0.15) is 10.8 Å². The zero-order chi connectivity index (χ0) is 25.2. The third-order valence-corrected chi connectivity index (χ3v) is 6.51. The molecule has 186 valence electrons. The van der Waals surface area contributed by atoms with Gasteiger partial charge in [-0.2, -0.15) is 0 Å². The molecule has 1 aliphatic rings. The molecular weight excluding hydrogens is 482 g/mol. The minimum atomic E-state index is -0.552. The molecule has 0 atom stereocenters. The maximum atomic E-state index is 12.9. The Morgan fingerprint density at radius 3 is 2.67 bits per heavy atom. The number of anilines is 3. The number of nitrogens with zero attached hydrogens (tertiary/aromatic N) is 5. The highest BCUT2D eigenvalue weighted by atomic mass is 32.1. The van der Waals surface area contributed by atoms with Gasteiger partial charge in [0.25, 0.3) is 5.91 Å². The van der Waals surface area contributed by atoms with E-state index in [1.165, 1.54) is 29.2 Å². The molecule has 1 aromatic carbocycles. The number of nitrogens with one attached hydrogen (secondary N) is 2. The van der Waals surface area contributed by atoms with Crippen molar-refractivity contribution in [3.8, 4) is 5.75 Å². The number of ether oxygens (including phenoxy) is 2. The molecule has 0 unspecified atom stereocenters. The van der Waals surface area contributed by atoms with E-state index in [1.54, 1.807) is 12.6 Å². The number of carbonyl (C=O) groups is 2. The average molecular weight is 508 g/mol. The number of carbonyl (C=O) groups excluding carboxylic acids is 2. The number of hydrogen-bond donors (Lipinski definition) is 2. The number of hydrogen-bond acceptors (Lipinski definition) is 10. The number of thiazole rings is 1. The van der Waals surface area contributed by atoms with E-state index in [0.717, 1.165) is 29.8 Å². The highest BCUT2D eigenvalue weighted by molar-refractivity contribution is 7.14. The van der Waals surface area contributed by atoms with Crippen LogP contribution in [0.2, 0.25) is 0 Å². The third kappa shape index (κ3) is 4.80. The highest BCUT2D eigenvalue weighted by Crippen LogP contribution is 2.30. The first-order valence-corrected chi connectivity index (χ1v) is 12.2. The van der Waals surface area contributed by atoms with Gasteiger partial charge in [-0.15, -0.1) is 16.4 Å². The molecule has 11 nitrogen and oxygen atoms in total. The zero-order valence-electron chi connectivity index (χ0n) is 20.0. The predicted molar refractivity (Wildman–Crippen MR) is 135 cm³/mol. The molecule has 1 fully saturated rings. The van der Waals surface area contributed by atoms with Gasteiger partial charge in [-0.3, -0.25) is 4.79 Å². The minimum Gasteiger partial charge on any atom is -0.497 e. The van der Waals surface area contributed by atoms with Gasteiger partial charge in [0.2, 0.25) is 0 Å². The molecule has 1 saturated carbocycles. The molecule has 1 aliphatic carbocycles. The number of methoxy groups -OCH3 is 2.